The van der Waals surface area contributed by atoms with E-state index in [1.807, 2.05) is 29.7 Å². The fourth-order valence-electron chi connectivity index (χ4n) is 6.28. The highest BCUT2D eigenvalue weighted by Gasteiger charge is 2.46. The minimum atomic E-state index is -1.06. The van der Waals surface area contributed by atoms with Crippen LogP contribution in [-0.2, 0) is 40.7 Å². The highest BCUT2D eigenvalue weighted by molar-refractivity contribution is 7.15. The summed E-state index contributed by atoms with van der Waals surface area (Å²) in [6, 6.07) is 13.9. The van der Waals surface area contributed by atoms with E-state index in [2.05, 4.69) is 44.6 Å². The third-order valence-electron chi connectivity index (χ3n) is 8.63. The second-order valence-electron chi connectivity index (χ2n) is 11.8. The molecule has 2 aromatic carbocycles. The first-order chi connectivity index (χ1) is 23.9. The molecule has 3 aliphatic heterocycles. The molecule has 1 unspecified atom stereocenters. The molecule has 3 aliphatic rings. The lowest BCUT2D eigenvalue weighted by atomic mass is 10.0. The van der Waals surface area contributed by atoms with E-state index >= 15 is 0 Å². The summed E-state index contributed by atoms with van der Waals surface area (Å²) in [5, 5.41) is 16.2. The molecular formula is C35H27N7O6S. The maximum atomic E-state index is 13.4. The molecule has 5 aromatic rings. The lowest BCUT2D eigenvalue weighted by Gasteiger charge is -2.27. The van der Waals surface area contributed by atoms with Gasteiger partial charge in [0.15, 0.2) is 12.6 Å². The van der Waals surface area contributed by atoms with Crippen molar-refractivity contribution in [2.75, 3.05) is 0 Å². The molecule has 1 fully saturated rings. The first-order valence-electron chi connectivity index (χ1n) is 15.5. The highest BCUT2D eigenvalue weighted by atomic mass is 32.1. The van der Waals surface area contributed by atoms with Gasteiger partial charge < -0.3 is 9.47 Å². The minimum absolute atomic E-state index is 0.0396. The maximum absolute atomic E-state index is 13.4. The molecule has 3 aromatic heterocycles. The summed E-state index contributed by atoms with van der Waals surface area (Å²) in [7, 11) is 0. The number of ether oxygens (including phenoxy) is 2. The number of amides is 4. The maximum Gasteiger partial charge on any atom is 0.266 e. The van der Waals surface area contributed by atoms with Gasteiger partial charge in [0.25, 0.3) is 11.8 Å². The molecular weight excluding hydrogens is 646 g/mol. The molecule has 4 amide bonds. The number of nitrogens with one attached hydrogen (secondary N) is 1. The predicted molar refractivity (Wildman–Crippen MR) is 174 cm³/mol. The molecule has 0 saturated carbocycles. The SMILES string of the molecule is Cc1nnc2n1-c1sc(C#Cc3cnn(COc4cccc5c4C(=O)N(C4CCC(=O)NC4=O)C5=O)c3)c(Cc3ccccc3)c1COC2. The van der Waals surface area contributed by atoms with E-state index in [1.54, 1.807) is 35.9 Å². The number of benzene rings is 2. The van der Waals surface area contributed by atoms with Crippen molar-refractivity contribution < 1.29 is 28.7 Å². The molecule has 0 bridgehead atoms. The van der Waals surface area contributed by atoms with Crippen molar-refractivity contribution in [2.45, 2.75) is 52.2 Å². The van der Waals surface area contributed by atoms with Gasteiger partial charge >= 0.3 is 0 Å². The summed E-state index contributed by atoms with van der Waals surface area (Å²) in [4.78, 5) is 52.4. The number of fused-ring (bicyclic) bond motifs is 4. The number of thiophene rings is 1. The predicted octanol–water partition coefficient (Wildman–Crippen LogP) is 3.29. The molecule has 14 heteroatoms. The van der Waals surface area contributed by atoms with Gasteiger partial charge in [-0.05, 0) is 43.0 Å². The van der Waals surface area contributed by atoms with Gasteiger partial charge in [-0.15, -0.1) is 21.5 Å². The van der Waals surface area contributed by atoms with Crippen LogP contribution in [0.15, 0.2) is 60.9 Å². The van der Waals surface area contributed by atoms with Gasteiger partial charge in [-0.1, -0.05) is 48.2 Å². The largest absolute Gasteiger partial charge is 0.470 e. The Bertz CT molecular complexity index is 2240. The highest BCUT2D eigenvalue weighted by Crippen LogP contribution is 2.37. The quantitative estimate of drug-likeness (QED) is 0.212. The lowest BCUT2D eigenvalue weighted by Crippen LogP contribution is -2.54. The van der Waals surface area contributed by atoms with E-state index in [4.69, 9.17) is 9.47 Å². The first-order valence-corrected chi connectivity index (χ1v) is 16.4. The number of aryl methyl sites for hydroxylation is 1. The Kier molecular flexibility index (Phi) is 7.62. The fraction of sp³-hybridized carbons (Fsp3) is 0.229. The van der Waals surface area contributed by atoms with E-state index in [1.165, 1.54) is 10.7 Å². The molecule has 1 saturated heterocycles. The van der Waals surface area contributed by atoms with Crippen LogP contribution in [-0.4, -0.2) is 59.1 Å². The van der Waals surface area contributed by atoms with E-state index in [0.29, 0.717) is 25.2 Å². The molecule has 1 atom stereocenters. The van der Waals surface area contributed by atoms with Crippen LogP contribution in [0.25, 0.3) is 5.00 Å². The van der Waals surface area contributed by atoms with E-state index in [9.17, 15) is 19.2 Å². The molecule has 6 heterocycles. The zero-order valence-electron chi connectivity index (χ0n) is 26.1. The fourth-order valence-corrected chi connectivity index (χ4v) is 7.53. The van der Waals surface area contributed by atoms with Gasteiger partial charge in [-0.3, -0.25) is 34.0 Å². The van der Waals surface area contributed by atoms with Crippen molar-refractivity contribution >= 4 is 35.0 Å². The van der Waals surface area contributed by atoms with Gasteiger partial charge in [-0.25, -0.2) is 4.68 Å². The van der Waals surface area contributed by atoms with Crippen LogP contribution < -0.4 is 10.1 Å². The van der Waals surface area contributed by atoms with Crippen molar-refractivity contribution in [3.8, 4) is 22.6 Å². The molecule has 0 spiro atoms. The Morgan fingerprint density at radius 3 is 2.71 bits per heavy atom. The van der Waals surface area contributed by atoms with Crippen LogP contribution in [0, 0.1) is 18.8 Å². The number of imide groups is 2. The van der Waals surface area contributed by atoms with Crippen molar-refractivity contribution in [1.82, 2.24) is 34.8 Å². The second-order valence-corrected chi connectivity index (χ2v) is 12.8. The first kappa shape index (κ1) is 30.4. The van der Waals surface area contributed by atoms with E-state index in [0.717, 1.165) is 43.1 Å². The van der Waals surface area contributed by atoms with Gasteiger partial charge in [0.05, 0.1) is 34.4 Å². The molecule has 1 N–H and O–H groups in total. The van der Waals surface area contributed by atoms with Crippen LogP contribution in [0.2, 0.25) is 0 Å². The number of carbonyl (C=O) groups is 4. The molecule has 0 aliphatic carbocycles. The molecule has 244 valence electrons. The third kappa shape index (κ3) is 5.48. The van der Waals surface area contributed by atoms with Crippen LogP contribution in [0.5, 0.6) is 5.75 Å². The number of rotatable bonds is 6. The van der Waals surface area contributed by atoms with Crippen LogP contribution in [0.4, 0.5) is 0 Å². The third-order valence-corrected chi connectivity index (χ3v) is 9.80. The van der Waals surface area contributed by atoms with Gasteiger partial charge in [0, 0.05) is 18.2 Å². The molecule has 49 heavy (non-hydrogen) atoms. The van der Waals surface area contributed by atoms with Crippen molar-refractivity contribution in [3.05, 3.63) is 111 Å². The number of piperidine rings is 1. The number of hydrogen-bond acceptors (Lipinski definition) is 10. The molecule has 13 nitrogen and oxygen atoms in total. The summed E-state index contributed by atoms with van der Waals surface area (Å²) in [5.74, 6) is 5.99. The van der Waals surface area contributed by atoms with Crippen LogP contribution in [0.3, 0.4) is 0 Å². The van der Waals surface area contributed by atoms with Gasteiger partial charge in [0.1, 0.15) is 29.2 Å². The monoisotopic (exact) mass is 673 g/mol. The van der Waals surface area contributed by atoms with Crippen LogP contribution >= 0.6 is 11.3 Å². The summed E-state index contributed by atoms with van der Waals surface area (Å²) in [5.41, 5.74) is 4.20. The van der Waals surface area contributed by atoms with Crippen molar-refractivity contribution in [1.29, 1.82) is 0 Å². The Balaban J connectivity index is 1.04. The topological polar surface area (TPSA) is 151 Å². The Morgan fingerprint density at radius 2 is 1.88 bits per heavy atom. The van der Waals surface area contributed by atoms with E-state index in [-0.39, 0.29) is 36.4 Å². The average Bonchev–Trinajstić information content (AvgIpc) is 3.82. The van der Waals surface area contributed by atoms with Crippen molar-refractivity contribution in [3.63, 3.8) is 0 Å². The second kappa shape index (κ2) is 12.3. The normalized spacial score (nSPS) is 16.8. The van der Waals surface area contributed by atoms with Gasteiger partial charge in [-0.2, -0.15) is 5.10 Å². The number of carbonyl (C=O) groups excluding carboxylic acids is 4. The zero-order chi connectivity index (χ0) is 33.6. The Hall–Kier alpha value is -5.91. The van der Waals surface area contributed by atoms with E-state index < -0.39 is 29.7 Å². The Labute approximate surface area is 283 Å². The number of nitrogens with zero attached hydrogens (tertiary/aromatic N) is 6. The minimum Gasteiger partial charge on any atom is -0.470 e. The lowest BCUT2D eigenvalue weighted by molar-refractivity contribution is -0.136. The number of aromatic nitrogens is 5. The van der Waals surface area contributed by atoms with Crippen molar-refractivity contribution in [2.24, 2.45) is 0 Å². The van der Waals surface area contributed by atoms with Gasteiger partial charge in [0.2, 0.25) is 11.8 Å². The summed E-state index contributed by atoms with van der Waals surface area (Å²) in [6.45, 7) is 2.69. The summed E-state index contributed by atoms with van der Waals surface area (Å²) < 4.78 is 15.6. The van der Waals surface area contributed by atoms with Crippen LogP contribution in [0.1, 0.15) is 72.3 Å². The summed E-state index contributed by atoms with van der Waals surface area (Å²) in [6.07, 6.45) is 4.16. The zero-order valence-corrected chi connectivity index (χ0v) is 27.0. The summed E-state index contributed by atoms with van der Waals surface area (Å²) >= 11 is 1.58. The standard InChI is InChI=1S/C35H27N7O6S/c1-20-38-39-29-18-47-17-25-24(14-21-6-3-2-4-7-21)28(49-35(25)41(20)29)12-10-22-15-36-40(16-22)19-48-27-9-5-8-23-31(27)34(46)42(33(23)45)26-11-13-30(43)37-32(26)44/h2-9,15-16,26H,11,13-14,17-19H2,1H3,(H,37,43,44). The Morgan fingerprint density at radius 1 is 1.02 bits per heavy atom. The molecule has 0 radical (unpaired) electrons. The average molecular weight is 674 g/mol. The number of hydrogen-bond donors (Lipinski definition) is 1. The molecule has 8 rings (SSSR count). The smallest absolute Gasteiger partial charge is 0.266 e.